The summed E-state index contributed by atoms with van der Waals surface area (Å²) in [5.41, 5.74) is 5.41. The number of allylic oxidation sites excluding steroid dienone is 22. The molecule has 0 aromatic rings. The summed E-state index contributed by atoms with van der Waals surface area (Å²) in [6.07, 6.45) is 104. The Labute approximate surface area is 548 Å². The number of esters is 2. The fraction of sp³-hybridized carbons (Fsp3) is 0.696. The van der Waals surface area contributed by atoms with Gasteiger partial charge in [-0.05, 0) is 109 Å². The van der Waals surface area contributed by atoms with Gasteiger partial charge in [-0.15, -0.1) is 0 Å². The third kappa shape index (κ3) is 73.1. The lowest BCUT2D eigenvalue weighted by atomic mass is 10.0. The molecule has 0 spiro atoms. The number of rotatable bonds is 68. The third-order valence-corrected chi connectivity index (χ3v) is 16.5. The zero-order valence-corrected chi connectivity index (χ0v) is 58.3. The molecule has 0 aromatic carbocycles. The van der Waals surface area contributed by atoms with Crippen LogP contribution in [0.1, 0.15) is 322 Å². The Morgan fingerprint density at radius 1 is 0.337 bits per heavy atom. The molecule has 2 unspecified atom stereocenters. The molecule has 0 fully saturated rings. The number of phosphoric acid groups is 1. The topological polar surface area (TPSA) is 134 Å². The Hall–Kier alpha value is -3.85. The SMILES string of the molecule is CC/C=C\C/C=C\C/C=C\C/C=C\C/C=C\C/C=C\CCCCCCCCCCCCC(=O)OC(COC(=O)CCCCCCCCCCCCCCCCCCCCCCCCC/C=C\C/C=C\C/C=C\C/C=C\C/C=C\CC)COP(=O)(O)OCCN. The van der Waals surface area contributed by atoms with Gasteiger partial charge in [0.25, 0.3) is 0 Å². The first-order valence-corrected chi connectivity index (χ1v) is 38.2. The second-order valence-corrected chi connectivity index (χ2v) is 25.5. The second-order valence-electron chi connectivity index (χ2n) is 24.0. The summed E-state index contributed by atoms with van der Waals surface area (Å²) in [5, 5.41) is 0. The van der Waals surface area contributed by atoms with Crippen molar-refractivity contribution in [3.63, 3.8) is 0 Å². The molecule has 510 valence electrons. The van der Waals surface area contributed by atoms with Crippen molar-refractivity contribution in [1.29, 1.82) is 0 Å². The minimum atomic E-state index is -4.40. The number of phosphoric ester groups is 1. The Bertz CT molecular complexity index is 1920. The van der Waals surface area contributed by atoms with E-state index in [0.717, 1.165) is 116 Å². The first-order valence-electron chi connectivity index (χ1n) is 36.7. The van der Waals surface area contributed by atoms with Gasteiger partial charge >= 0.3 is 19.8 Å². The minimum Gasteiger partial charge on any atom is -0.462 e. The van der Waals surface area contributed by atoms with E-state index in [0.29, 0.717) is 6.42 Å². The van der Waals surface area contributed by atoms with Gasteiger partial charge in [-0.1, -0.05) is 334 Å². The van der Waals surface area contributed by atoms with E-state index in [1.165, 1.54) is 173 Å². The maximum Gasteiger partial charge on any atom is 0.472 e. The monoisotopic (exact) mass is 1260 g/mol. The van der Waals surface area contributed by atoms with Crippen molar-refractivity contribution in [1.82, 2.24) is 0 Å². The molecule has 0 aromatic heterocycles. The van der Waals surface area contributed by atoms with Crippen LogP contribution in [-0.2, 0) is 32.7 Å². The Morgan fingerprint density at radius 2 is 0.584 bits per heavy atom. The van der Waals surface area contributed by atoms with Gasteiger partial charge in [0.1, 0.15) is 6.61 Å². The summed E-state index contributed by atoms with van der Waals surface area (Å²) in [7, 11) is -4.40. The van der Waals surface area contributed by atoms with Gasteiger partial charge in [0, 0.05) is 19.4 Å². The van der Waals surface area contributed by atoms with Crippen molar-refractivity contribution in [2.45, 2.75) is 328 Å². The maximum atomic E-state index is 12.8. The van der Waals surface area contributed by atoms with Crippen molar-refractivity contribution in [2.24, 2.45) is 5.73 Å². The van der Waals surface area contributed by atoms with Gasteiger partial charge in [0.05, 0.1) is 13.2 Å². The number of carbonyl (C=O) groups is 2. The molecule has 0 radical (unpaired) electrons. The number of hydrogen-bond donors (Lipinski definition) is 2. The van der Waals surface area contributed by atoms with Crippen molar-refractivity contribution in [3.05, 3.63) is 134 Å². The highest BCUT2D eigenvalue weighted by atomic mass is 31.2. The molecule has 9 nitrogen and oxygen atoms in total. The number of unbranched alkanes of at least 4 members (excludes halogenated alkanes) is 33. The van der Waals surface area contributed by atoms with E-state index < -0.39 is 26.5 Å². The third-order valence-electron chi connectivity index (χ3n) is 15.5. The van der Waals surface area contributed by atoms with Crippen LogP contribution < -0.4 is 5.73 Å². The second kappa shape index (κ2) is 73.2. The van der Waals surface area contributed by atoms with Gasteiger partial charge < -0.3 is 20.1 Å². The fourth-order valence-corrected chi connectivity index (χ4v) is 11.0. The Morgan fingerprint density at radius 3 is 0.865 bits per heavy atom. The fourth-order valence-electron chi connectivity index (χ4n) is 10.2. The van der Waals surface area contributed by atoms with Crippen molar-refractivity contribution >= 4 is 19.8 Å². The molecule has 3 N–H and O–H groups in total. The van der Waals surface area contributed by atoms with Crippen LogP contribution in [0.3, 0.4) is 0 Å². The Kier molecular flexibility index (Phi) is 70.0. The molecule has 0 amide bonds. The number of hydrogen-bond acceptors (Lipinski definition) is 8. The summed E-state index contributed by atoms with van der Waals surface area (Å²) < 4.78 is 33.2. The molecule has 0 aliphatic carbocycles. The lowest BCUT2D eigenvalue weighted by Gasteiger charge is -2.19. The summed E-state index contributed by atoms with van der Waals surface area (Å²) in [6.45, 7) is 3.54. The van der Waals surface area contributed by atoms with E-state index in [-0.39, 0.29) is 38.6 Å². The zero-order chi connectivity index (χ0) is 64.4. The van der Waals surface area contributed by atoms with E-state index in [2.05, 4.69) is 148 Å². The predicted molar refractivity (Wildman–Crippen MR) is 385 cm³/mol. The molecule has 0 bridgehead atoms. The highest BCUT2D eigenvalue weighted by molar-refractivity contribution is 7.47. The van der Waals surface area contributed by atoms with E-state index in [1.54, 1.807) is 0 Å². The van der Waals surface area contributed by atoms with E-state index >= 15 is 0 Å². The molecule has 0 saturated carbocycles. The van der Waals surface area contributed by atoms with Crippen molar-refractivity contribution < 1.29 is 37.6 Å². The van der Waals surface area contributed by atoms with Crippen molar-refractivity contribution in [3.8, 4) is 0 Å². The molecule has 0 heterocycles. The molecular formula is C79H136NO8P. The smallest absolute Gasteiger partial charge is 0.462 e. The van der Waals surface area contributed by atoms with E-state index in [9.17, 15) is 19.0 Å². The zero-order valence-electron chi connectivity index (χ0n) is 57.4. The normalized spacial score (nSPS) is 13.7. The number of ether oxygens (including phenoxy) is 2. The number of carbonyl (C=O) groups excluding carboxylic acids is 2. The Balaban J connectivity index is 3.84. The summed E-state index contributed by atoms with van der Waals surface area (Å²) >= 11 is 0. The van der Waals surface area contributed by atoms with Gasteiger partial charge in [-0.25, -0.2) is 4.57 Å². The molecule has 0 rings (SSSR count). The molecule has 0 aliphatic heterocycles. The first-order chi connectivity index (χ1) is 43.8. The van der Waals surface area contributed by atoms with Gasteiger partial charge in [0.2, 0.25) is 0 Å². The van der Waals surface area contributed by atoms with Crippen LogP contribution in [0.25, 0.3) is 0 Å². The summed E-state index contributed by atoms with van der Waals surface area (Å²) in [4.78, 5) is 35.4. The molecule has 2 atom stereocenters. The van der Waals surface area contributed by atoms with Gasteiger partial charge in [0.15, 0.2) is 6.10 Å². The summed E-state index contributed by atoms with van der Waals surface area (Å²) in [6, 6.07) is 0. The molecule has 0 aliphatic rings. The predicted octanol–water partition coefficient (Wildman–Crippen LogP) is 24.4. The van der Waals surface area contributed by atoms with Crippen LogP contribution in [-0.4, -0.2) is 49.3 Å². The standard InChI is InChI=1S/C79H136NO8P/c1-3-5-7-9-11-13-15-17-19-21-23-25-27-29-31-33-34-35-36-37-38-39-40-41-42-44-45-47-49-51-53-55-57-59-61-63-65-67-69-71-78(81)85-75-77(76-87-89(83,84)86-74-73-80)88-79(82)72-70-68-66-64-62-60-58-56-54-52-50-48-46-43-32-30-28-26-24-22-20-18-16-14-12-10-8-6-4-2/h5-8,11-14,17-20,23-26,29-32,46,48,77H,3-4,9-10,15-16,21-22,27-28,33-45,47,49-76,80H2,1-2H3,(H,83,84)/b7-5-,8-6-,13-11-,14-12-,19-17-,20-18-,25-23-,26-24-,31-29-,32-30-,48-46-. The summed E-state index contributed by atoms with van der Waals surface area (Å²) in [5.74, 6) is -0.826. The largest absolute Gasteiger partial charge is 0.472 e. The molecule has 10 heteroatoms. The molecular weight excluding hydrogens is 1120 g/mol. The average molecular weight is 1260 g/mol. The average Bonchev–Trinajstić information content (AvgIpc) is 3.68. The van der Waals surface area contributed by atoms with Crippen LogP contribution in [0.5, 0.6) is 0 Å². The van der Waals surface area contributed by atoms with Crippen molar-refractivity contribution in [2.75, 3.05) is 26.4 Å². The maximum absolute atomic E-state index is 12.8. The lowest BCUT2D eigenvalue weighted by molar-refractivity contribution is -0.161. The first kappa shape index (κ1) is 85.2. The van der Waals surface area contributed by atoms with E-state index in [4.69, 9.17) is 24.3 Å². The molecule has 0 saturated heterocycles. The van der Waals surface area contributed by atoms with Crippen LogP contribution in [0.2, 0.25) is 0 Å². The highest BCUT2D eigenvalue weighted by Crippen LogP contribution is 2.43. The van der Waals surface area contributed by atoms with Crippen LogP contribution in [0.4, 0.5) is 0 Å². The van der Waals surface area contributed by atoms with E-state index in [1.807, 2.05) is 0 Å². The van der Waals surface area contributed by atoms with Crippen LogP contribution in [0.15, 0.2) is 134 Å². The van der Waals surface area contributed by atoms with Gasteiger partial charge in [-0.3, -0.25) is 18.6 Å². The van der Waals surface area contributed by atoms with Gasteiger partial charge in [-0.2, -0.15) is 0 Å². The van der Waals surface area contributed by atoms with Crippen LogP contribution in [0, 0.1) is 0 Å². The van der Waals surface area contributed by atoms with Crippen LogP contribution >= 0.6 is 7.82 Å². The minimum absolute atomic E-state index is 0.0488. The quantitative estimate of drug-likeness (QED) is 0.0264. The number of nitrogens with two attached hydrogens (primary N) is 1. The molecule has 89 heavy (non-hydrogen) atoms. The lowest BCUT2D eigenvalue weighted by Crippen LogP contribution is -2.29. The highest BCUT2D eigenvalue weighted by Gasteiger charge is 2.26.